The molecule has 0 N–H and O–H groups in total. The molecule has 0 saturated heterocycles. The van der Waals surface area contributed by atoms with Crippen molar-refractivity contribution in [2.24, 2.45) is 28.1 Å². The molecule has 4 aromatic carbocycles. The van der Waals surface area contributed by atoms with Gasteiger partial charge in [0.2, 0.25) is 6.71 Å². The number of furan rings is 1. The van der Waals surface area contributed by atoms with E-state index in [-0.39, 0.29) is 54.4 Å². The number of anilines is 2. The van der Waals surface area contributed by atoms with Crippen LogP contribution in [0.2, 0.25) is 5.82 Å². The third-order valence-electron chi connectivity index (χ3n) is 17.8. The smallest absolute Gasteiger partial charge is 0.227 e. The summed E-state index contributed by atoms with van der Waals surface area (Å²) in [6.07, 6.45) is 14.9. The highest BCUT2D eigenvalue weighted by molar-refractivity contribution is 14.1. The molecule has 0 radical (unpaired) electrons. The van der Waals surface area contributed by atoms with Crippen LogP contribution in [0.4, 0.5) is 11.6 Å². The van der Waals surface area contributed by atoms with Gasteiger partial charge in [-0.1, -0.05) is 235 Å². The third kappa shape index (κ3) is 8.91. The van der Waals surface area contributed by atoms with Crippen LogP contribution in [0.5, 0.6) is 0 Å². The summed E-state index contributed by atoms with van der Waals surface area (Å²) in [6, 6.07) is 33.3. The van der Waals surface area contributed by atoms with Crippen LogP contribution in [0.3, 0.4) is 0 Å². The number of hydrogen-bond donors (Lipinski definition) is 0. The van der Waals surface area contributed by atoms with E-state index in [1.807, 2.05) is 0 Å². The Morgan fingerprint density at radius 2 is 1.33 bits per heavy atom. The minimum absolute atomic E-state index is 0.0216. The van der Waals surface area contributed by atoms with Crippen molar-refractivity contribution in [2.45, 2.75) is 176 Å². The lowest BCUT2D eigenvalue weighted by Crippen LogP contribution is -2.56. The fraction of sp³-hybridized carbons (Fsp3) is 0.471. The molecule has 72 heavy (non-hydrogen) atoms. The van der Waals surface area contributed by atoms with Crippen molar-refractivity contribution in [3.05, 3.63) is 159 Å². The molecule has 3 unspecified atom stereocenters. The van der Waals surface area contributed by atoms with E-state index < -0.39 is 0 Å². The second-order valence-corrected chi connectivity index (χ2v) is 31.3. The van der Waals surface area contributed by atoms with Crippen LogP contribution in [0.1, 0.15) is 189 Å². The normalized spacial score (nSPS) is 22.2. The Labute approximate surface area is 449 Å². The molecule has 5 aromatic rings. The first-order chi connectivity index (χ1) is 33.3. The van der Waals surface area contributed by atoms with E-state index in [1.54, 1.807) is 5.57 Å². The average Bonchev–Trinajstić information content (AvgIpc) is 3.59. The summed E-state index contributed by atoms with van der Waals surface area (Å²) in [7, 11) is 0. The van der Waals surface area contributed by atoms with Gasteiger partial charge in [-0.3, -0.25) is 4.90 Å². The van der Waals surface area contributed by atoms with Crippen LogP contribution >= 0.6 is 22.6 Å². The lowest BCUT2D eigenvalue weighted by atomic mass is 9.29. The van der Waals surface area contributed by atoms with Gasteiger partial charge in [0.15, 0.2) is 5.88 Å². The summed E-state index contributed by atoms with van der Waals surface area (Å²) in [5.41, 5.74) is 22.1. The second-order valence-electron chi connectivity index (χ2n) is 28.6. The number of benzene rings is 4. The van der Waals surface area contributed by atoms with E-state index in [0.717, 1.165) is 18.7 Å². The zero-order valence-electron chi connectivity index (χ0n) is 47.3. The van der Waals surface area contributed by atoms with Gasteiger partial charge in [-0.05, 0) is 163 Å². The molecule has 5 aliphatic rings. The van der Waals surface area contributed by atoms with E-state index in [2.05, 4.69) is 261 Å². The maximum absolute atomic E-state index is 7.77. The van der Waals surface area contributed by atoms with Gasteiger partial charge in [0, 0.05) is 26.8 Å². The van der Waals surface area contributed by atoms with Gasteiger partial charge >= 0.3 is 0 Å². The Hall–Kier alpha value is -4.29. The first-order valence-corrected chi connectivity index (χ1v) is 28.4. The van der Waals surface area contributed by atoms with Gasteiger partial charge in [-0.15, -0.1) is 0 Å². The summed E-state index contributed by atoms with van der Waals surface area (Å²) in [5, 5.41) is 0. The minimum atomic E-state index is -0.0730. The topological polar surface area (TPSA) is 16.4 Å². The molecule has 1 fully saturated rings. The summed E-state index contributed by atoms with van der Waals surface area (Å²) in [5.74, 6) is 3.01. The largest absolute Gasteiger partial charge is 0.445 e. The molecule has 2 nitrogen and oxygen atoms in total. The molecule has 4 heteroatoms. The zero-order valence-corrected chi connectivity index (χ0v) is 49.4. The van der Waals surface area contributed by atoms with Crippen molar-refractivity contribution in [1.82, 2.24) is 0 Å². The molecule has 3 heterocycles. The summed E-state index contributed by atoms with van der Waals surface area (Å²) in [6.45, 7) is 43.4. The first-order valence-electron chi connectivity index (χ1n) is 27.3. The molecule has 2 aliphatic heterocycles. The molecule has 0 spiro atoms. The third-order valence-corrected chi connectivity index (χ3v) is 18.4. The summed E-state index contributed by atoms with van der Waals surface area (Å²) >= 11 is 2.65. The minimum Gasteiger partial charge on any atom is -0.445 e. The van der Waals surface area contributed by atoms with Crippen molar-refractivity contribution in [1.29, 1.82) is 0 Å². The molecule has 3 atom stereocenters. The van der Waals surface area contributed by atoms with E-state index in [0.29, 0.717) is 5.92 Å². The molecule has 0 amide bonds. The van der Waals surface area contributed by atoms with Gasteiger partial charge in [0.25, 0.3) is 0 Å². The number of fused-ring (bicyclic) bond motifs is 7. The van der Waals surface area contributed by atoms with Gasteiger partial charge in [0.1, 0.15) is 5.76 Å². The SMILES string of the molecule is CC(C)(C)C1=CC2C/C(=C/c3ccc(C(C)(C)C)cc3-c3ccccc3)c3ccc(C(C)(C)C)cc3B3c4c(oc5c4C=C4C(C5)C(C)(C)CCC4(C)C)N(c4ccc(C(C)(C)I)c(C(C)(C)C)c4)C(=C1)C32. The maximum Gasteiger partial charge on any atom is 0.227 e. The quantitative estimate of drug-likeness (QED) is 0.101. The Bertz CT molecular complexity index is 3110. The first kappa shape index (κ1) is 51.2. The predicted molar refractivity (Wildman–Crippen MR) is 321 cm³/mol. The molecule has 0 bridgehead atoms. The van der Waals surface area contributed by atoms with Crippen LogP contribution < -0.4 is 15.8 Å². The Morgan fingerprint density at radius 3 is 1.97 bits per heavy atom. The van der Waals surface area contributed by atoms with Crippen molar-refractivity contribution < 1.29 is 4.42 Å². The fourth-order valence-corrected chi connectivity index (χ4v) is 13.8. The maximum atomic E-state index is 7.77. The number of rotatable bonds is 4. The summed E-state index contributed by atoms with van der Waals surface area (Å²) < 4.78 is 7.74. The lowest BCUT2D eigenvalue weighted by molar-refractivity contribution is 0.119. The number of allylic oxidation sites excluding steroid dienone is 6. The van der Waals surface area contributed by atoms with E-state index in [1.165, 1.54) is 102 Å². The number of halogens is 1. The second kappa shape index (κ2) is 17.1. The molecular weight excluding hydrogens is 984 g/mol. The van der Waals surface area contributed by atoms with Crippen LogP contribution in [0.25, 0.3) is 28.9 Å². The predicted octanol–water partition coefficient (Wildman–Crippen LogP) is 18.5. The Balaban J connectivity index is 1.32. The molecule has 1 aromatic heterocycles. The highest BCUT2D eigenvalue weighted by atomic mass is 127. The summed E-state index contributed by atoms with van der Waals surface area (Å²) in [4.78, 5) is 2.64. The Morgan fingerprint density at radius 1 is 0.667 bits per heavy atom. The van der Waals surface area contributed by atoms with Gasteiger partial charge in [0.05, 0.1) is 0 Å². The molecule has 3 aliphatic carbocycles. The lowest BCUT2D eigenvalue weighted by Gasteiger charge is -2.50. The van der Waals surface area contributed by atoms with Crippen LogP contribution in [0, 0.1) is 28.1 Å². The number of nitrogens with zero attached hydrogens (tertiary/aromatic N) is 1. The van der Waals surface area contributed by atoms with Gasteiger partial charge in [-0.2, -0.15) is 0 Å². The Kier molecular flexibility index (Phi) is 12.2. The van der Waals surface area contributed by atoms with E-state index >= 15 is 0 Å². The molecular formula is C68H83BINO. The van der Waals surface area contributed by atoms with E-state index in [9.17, 15) is 0 Å². The molecule has 1 saturated carbocycles. The highest BCUT2D eigenvalue weighted by Gasteiger charge is 2.54. The standard InChI is InChI=1S/C68H83BINO/c1-62(2,3)45-25-24-42(50(35-45)41-22-20-19-21-23-41)32-43-33-44-34-47(64(7,8)9)37-57-59(44)69(56-36-46(63(4,5)6)26-28-49(43)56)60-51-39-54-55(67(15,16)31-30-66(54,13)14)40-58(51)72-61(60)71(57)48-27-29-52(68(17,18)70)53(38-48)65(10,11)12/h19-29,32,34-39,44,55,59H,30-31,33,40H2,1-18H3/b43-32-. The van der Waals surface area contributed by atoms with Crippen molar-refractivity contribution in [3.8, 4) is 11.1 Å². The number of hydrogen-bond acceptors (Lipinski definition) is 2. The van der Waals surface area contributed by atoms with Crippen LogP contribution in [-0.2, 0) is 26.1 Å². The van der Waals surface area contributed by atoms with Gasteiger partial charge < -0.3 is 4.42 Å². The van der Waals surface area contributed by atoms with Crippen LogP contribution in [0.15, 0.2) is 118 Å². The fourth-order valence-electron chi connectivity index (χ4n) is 13.3. The average molecular weight is 1070 g/mol. The van der Waals surface area contributed by atoms with Gasteiger partial charge in [-0.25, -0.2) is 0 Å². The van der Waals surface area contributed by atoms with Crippen LogP contribution in [-0.4, -0.2) is 6.71 Å². The zero-order chi connectivity index (χ0) is 52.0. The van der Waals surface area contributed by atoms with Crippen molar-refractivity contribution in [2.75, 3.05) is 4.90 Å². The molecule has 10 rings (SSSR count). The van der Waals surface area contributed by atoms with Crippen molar-refractivity contribution >= 4 is 69.5 Å². The molecule has 376 valence electrons. The highest BCUT2D eigenvalue weighted by Crippen LogP contribution is 2.59. The van der Waals surface area contributed by atoms with Crippen molar-refractivity contribution in [3.63, 3.8) is 0 Å². The van der Waals surface area contributed by atoms with E-state index in [4.69, 9.17) is 4.42 Å². The monoisotopic (exact) mass is 1070 g/mol. The number of alkyl halides is 1.